The quantitative estimate of drug-likeness (QED) is 0.325. The second-order valence-electron chi connectivity index (χ2n) is 8.84. The van der Waals surface area contributed by atoms with Crippen LogP contribution >= 0.6 is 0 Å². The molecule has 1 heterocycles. The molecular weight excluding hydrogens is 422 g/mol. The van der Waals surface area contributed by atoms with Crippen molar-refractivity contribution in [1.82, 2.24) is 5.06 Å². The summed E-state index contributed by atoms with van der Waals surface area (Å²) in [6.45, 7) is 8.93. The van der Waals surface area contributed by atoms with Gasteiger partial charge >= 0.3 is 0 Å². The monoisotopic (exact) mass is 463 g/mol. The maximum atomic E-state index is 13.0. The summed E-state index contributed by atoms with van der Waals surface area (Å²) in [5, 5.41) is 1.29. The highest BCUT2D eigenvalue weighted by atomic mass is 16.7. The Hall–Kier alpha value is -1.93. The van der Waals surface area contributed by atoms with E-state index in [4.69, 9.17) is 23.8 Å². The molecular formula is C26H41NO6. The van der Waals surface area contributed by atoms with Crippen molar-refractivity contribution >= 4 is 5.91 Å². The van der Waals surface area contributed by atoms with Gasteiger partial charge in [-0.1, -0.05) is 38.5 Å². The van der Waals surface area contributed by atoms with E-state index < -0.39 is 5.79 Å². The number of ether oxygens (including phenoxy) is 4. The molecule has 0 spiro atoms. The standard InChI is InChI=1S/C26H41NO6/c1-8-10-20(18-31-17-19-12-14-21(29-6)15-13-19)23-16-24(33-26(3,4)32-23)22(11-9-2)25(28)27(5)30-7/h10,12-15,22-24H,8-9,11,16-18H2,1-7H3/b20-10+/t22-,23+,24+/m0/s1. The van der Waals surface area contributed by atoms with Crippen molar-refractivity contribution in [3.05, 3.63) is 41.5 Å². The molecule has 7 nitrogen and oxygen atoms in total. The van der Waals surface area contributed by atoms with Crippen molar-refractivity contribution in [3.63, 3.8) is 0 Å². The van der Waals surface area contributed by atoms with E-state index in [1.807, 2.05) is 38.1 Å². The van der Waals surface area contributed by atoms with Crippen LogP contribution in [-0.2, 0) is 30.4 Å². The minimum Gasteiger partial charge on any atom is -0.497 e. The average molecular weight is 464 g/mol. The molecule has 0 N–H and O–H groups in total. The van der Waals surface area contributed by atoms with E-state index in [1.54, 1.807) is 14.2 Å². The number of benzene rings is 1. The van der Waals surface area contributed by atoms with Crippen LogP contribution in [0.4, 0.5) is 0 Å². The molecule has 1 aliphatic heterocycles. The number of allylic oxidation sites excluding steroid dienone is 1. The summed E-state index contributed by atoms with van der Waals surface area (Å²) < 4.78 is 23.8. The zero-order valence-electron chi connectivity index (χ0n) is 21.3. The first-order chi connectivity index (χ1) is 15.7. The second kappa shape index (κ2) is 13.1. The van der Waals surface area contributed by atoms with Crippen LogP contribution in [0.1, 0.15) is 58.9 Å². The molecule has 186 valence electrons. The largest absolute Gasteiger partial charge is 0.497 e. The van der Waals surface area contributed by atoms with E-state index in [0.29, 0.717) is 19.6 Å². The van der Waals surface area contributed by atoms with E-state index >= 15 is 0 Å². The van der Waals surface area contributed by atoms with Crippen LogP contribution in [0, 0.1) is 5.92 Å². The van der Waals surface area contributed by atoms with E-state index in [2.05, 4.69) is 19.9 Å². The van der Waals surface area contributed by atoms with Gasteiger partial charge in [-0.2, -0.15) is 0 Å². The molecule has 0 radical (unpaired) electrons. The van der Waals surface area contributed by atoms with Crippen molar-refractivity contribution in [3.8, 4) is 5.75 Å². The molecule has 3 atom stereocenters. The first-order valence-electron chi connectivity index (χ1n) is 11.8. The van der Waals surface area contributed by atoms with E-state index in [0.717, 1.165) is 36.1 Å². The topological polar surface area (TPSA) is 66.5 Å². The Balaban J connectivity index is 2.12. The molecule has 2 rings (SSSR count). The molecule has 0 unspecified atom stereocenters. The Morgan fingerprint density at radius 1 is 1.21 bits per heavy atom. The van der Waals surface area contributed by atoms with Crippen molar-refractivity contribution in [1.29, 1.82) is 0 Å². The number of rotatable bonds is 12. The minimum atomic E-state index is -0.811. The molecule has 1 fully saturated rings. The second-order valence-corrected chi connectivity index (χ2v) is 8.84. The molecule has 1 aromatic rings. The van der Waals surface area contributed by atoms with Crippen LogP contribution in [-0.4, -0.2) is 56.8 Å². The summed E-state index contributed by atoms with van der Waals surface area (Å²) in [7, 11) is 4.80. The van der Waals surface area contributed by atoms with E-state index in [1.165, 1.54) is 12.2 Å². The number of hydrogen-bond acceptors (Lipinski definition) is 6. The molecule has 0 aromatic heterocycles. The third-order valence-electron chi connectivity index (χ3n) is 5.83. The zero-order valence-corrected chi connectivity index (χ0v) is 21.3. The SMILES string of the molecule is CC/C=C(\COCc1ccc(OC)cc1)[C@H]1C[C@H]([C@H](CCC)C(=O)N(C)OC)OC(C)(C)O1. The highest BCUT2D eigenvalue weighted by Gasteiger charge is 2.43. The third kappa shape index (κ3) is 8.10. The number of carbonyl (C=O) groups excluding carboxylic acids is 1. The Morgan fingerprint density at radius 3 is 2.48 bits per heavy atom. The lowest BCUT2D eigenvalue weighted by molar-refractivity contribution is -0.302. The zero-order chi connectivity index (χ0) is 24.4. The molecule has 7 heteroatoms. The smallest absolute Gasteiger partial charge is 0.251 e. The van der Waals surface area contributed by atoms with Crippen LogP contribution in [0.15, 0.2) is 35.9 Å². The molecule has 1 aliphatic rings. The highest BCUT2D eigenvalue weighted by Crippen LogP contribution is 2.35. The summed E-state index contributed by atoms with van der Waals surface area (Å²) in [5.74, 6) is -0.357. The Morgan fingerprint density at radius 2 is 1.91 bits per heavy atom. The molecule has 0 aliphatic carbocycles. The summed E-state index contributed by atoms with van der Waals surface area (Å²) in [4.78, 5) is 18.1. The van der Waals surface area contributed by atoms with Crippen LogP contribution in [0.25, 0.3) is 0 Å². The lowest BCUT2D eigenvalue weighted by Crippen LogP contribution is -2.51. The molecule has 1 aromatic carbocycles. The van der Waals surface area contributed by atoms with Gasteiger partial charge in [0.2, 0.25) is 0 Å². The van der Waals surface area contributed by atoms with Gasteiger partial charge in [0.15, 0.2) is 5.79 Å². The van der Waals surface area contributed by atoms with E-state index in [9.17, 15) is 4.79 Å². The number of hydrogen-bond donors (Lipinski definition) is 0. The molecule has 0 saturated carbocycles. The lowest BCUT2D eigenvalue weighted by atomic mass is 9.88. The highest BCUT2D eigenvalue weighted by molar-refractivity contribution is 5.78. The molecule has 0 bridgehead atoms. The maximum absolute atomic E-state index is 13.0. The summed E-state index contributed by atoms with van der Waals surface area (Å²) >= 11 is 0. The predicted octanol–water partition coefficient (Wildman–Crippen LogP) is 4.89. The number of amides is 1. The van der Waals surface area contributed by atoms with Gasteiger partial charge in [0.25, 0.3) is 5.91 Å². The maximum Gasteiger partial charge on any atom is 0.251 e. The van der Waals surface area contributed by atoms with Crippen molar-refractivity contribution < 1.29 is 28.6 Å². The van der Waals surface area contributed by atoms with Gasteiger partial charge in [-0.05, 0) is 50.0 Å². The van der Waals surface area contributed by atoms with Gasteiger partial charge in [0.05, 0.1) is 45.6 Å². The number of hydroxylamine groups is 2. The normalized spacial score (nSPS) is 21.5. The first-order valence-corrected chi connectivity index (χ1v) is 11.8. The fourth-order valence-corrected chi connectivity index (χ4v) is 4.17. The van der Waals surface area contributed by atoms with Crippen molar-refractivity contribution in [2.24, 2.45) is 5.92 Å². The Kier molecular flexibility index (Phi) is 10.8. The molecule has 1 saturated heterocycles. The van der Waals surface area contributed by atoms with Crippen molar-refractivity contribution in [2.45, 2.75) is 78.0 Å². The number of nitrogens with zero attached hydrogens (tertiary/aromatic N) is 1. The molecule has 33 heavy (non-hydrogen) atoms. The first kappa shape index (κ1) is 27.3. The summed E-state index contributed by atoms with van der Waals surface area (Å²) in [5.41, 5.74) is 2.16. The van der Waals surface area contributed by atoms with Crippen LogP contribution < -0.4 is 4.74 Å². The predicted molar refractivity (Wildman–Crippen MR) is 128 cm³/mol. The Bertz CT molecular complexity index is 761. The van der Waals surface area contributed by atoms with Gasteiger partial charge < -0.3 is 18.9 Å². The van der Waals surface area contributed by atoms with Crippen LogP contribution in [0.2, 0.25) is 0 Å². The molecule has 1 amide bonds. The number of methoxy groups -OCH3 is 1. The summed E-state index contributed by atoms with van der Waals surface area (Å²) in [6.07, 6.45) is 4.77. The Labute approximate surface area is 198 Å². The number of carbonyl (C=O) groups is 1. The van der Waals surface area contributed by atoms with Gasteiger partial charge in [0, 0.05) is 13.5 Å². The van der Waals surface area contributed by atoms with Crippen molar-refractivity contribution in [2.75, 3.05) is 27.9 Å². The van der Waals surface area contributed by atoms with Gasteiger partial charge in [-0.15, -0.1) is 0 Å². The average Bonchev–Trinajstić information content (AvgIpc) is 2.80. The fourth-order valence-electron chi connectivity index (χ4n) is 4.17. The van der Waals surface area contributed by atoms with Gasteiger partial charge in [-0.3, -0.25) is 9.63 Å². The summed E-state index contributed by atoms with van der Waals surface area (Å²) in [6, 6.07) is 7.86. The lowest BCUT2D eigenvalue weighted by Gasteiger charge is -2.44. The van der Waals surface area contributed by atoms with E-state index in [-0.39, 0.29) is 24.0 Å². The van der Waals surface area contributed by atoms with Crippen LogP contribution in [0.5, 0.6) is 5.75 Å². The van der Waals surface area contributed by atoms with Gasteiger partial charge in [0.1, 0.15) is 5.75 Å². The fraction of sp³-hybridized carbons (Fsp3) is 0.654. The van der Waals surface area contributed by atoms with Gasteiger partial charge in [-0.25, -0.2) is 5.06 Å². The minimum absolute atomic E-state index is 0.0717. The third-order valence-corrected chi connectivity index (χ3v) is 5.83. The van der Waals surface area contributed by atoms with Crippen LogP contribution in [0.3, 0.4) is 0 Å².